The van der Waals surface area contributed by atoms with Gasteiger partial charge in [0.1, 0.15) is 11.9 Å². The van der Waals surface area contributed by atoms with Crippen molar-refractivity contribution in [2.24, 2.45) is 5.73 Å². The van der Waals surface area contributed by atoms with E-state index < -0.39 is 0 Å². The lowest BCUT2D eigenvalue weighted by Gasteiger charge is -2.31. The molecule has 0 aromatic heterocycles. The van der Waals surface area contributed by atoms with Crippen molar-refractivity contribution in [3.63, 3.8) is 0 Å². The smallest absolute Gasteiger partial charge is 0.127 e. The molecule has 0 aliphatic carbocycles. The molecule has 0 amide bonds. The van der Waals surface area contributed by atoms with Crippen molar-refractivity contribution in [3.8, 4) is 5.75 Å². The van der Waals surface area contributed by atoms with Crippen LogP contribution in [-0.4, -0.2) is 0 Å². The van der Waals surface area contributed by atoms with Crippen LogP contribution in [0.15, 0.2) is 42.5 Å². The second-order valence-electron chi connectivity index (χ2n) is 4.65. The van der Waals surface area contributed by atoms with Gasteiger partial charge >= 0.3 is 0 Å². The summed E-state index contributed by atoms with van der Waals surface area (Å²) in [5, 5.41) is 1.38. The summed E-state index contributed by atoms with van der Waals surface area (Å²) in [4.78, 5) is 0. The Kier molecular flexibility index (Phi) is 3.40. The highest BCUT2D eigenvalue weighted by atomic mass is 35.5. The molecule has 2 N–H and O–H groups in total. The van der Waals surface area contributed by atoms with Gasteiger partial charge in [-0.15, -0.1) is 0 Å². The molecule has 0 saturated heterocycles. The maximum absolute atomic E-state index is 6.22. The topological polar surface area (TPSA) is 35.2 Å². The Morgan fingerprint density at radius 2 is 1.84 bits per heavy atom. The molecule has 1 heterocycles. The largest absolute Gasteiger partial charge is 0.485 e. The van der Waals surface area contributed by atoms with Crippen LogP contribution >= 0.6 is 23.2 Å². The van der Waals surface area contributed by atoms with Gasteiger partial charge in [-0.25, -0.2) is 0 Å². The zero-order valence-electron chi connectivity index (χ0n) is 10.1. The highest BCUT2D eigenvalue weighted by molar-refractivity contribution is 6.31. The molecule has 1 aliphatic rings. The number of nitrogens with two attached hydrogens (primary N) is 1. The molecule has 2 aromatic rings. The van der Waals surface area contributed by atoms with Crippen molar-refractivity contribution >= 4 is 23.2 Å². The maximum Gasteiger partial charge on any atom is 0.127 e. The molecule has 19 heavy (non-hydrogen) atoms. The second-order valence-corrected chi connectivity index (χ2v) is 5.50. The number of hydrogen-bond donors (Lipinski definition) is 1. The molecule has 1 unspecified atom stereocenters. The lowest BCUT2D eigenvalue weighted by molar-refractivity contribution is 0.161. The van der Waals surface area contributed by atoms with Crippen LogP contribution in [0.5, 0.6) is 5.75 Å². The Labute approximate surface area is 122 Å². The second kappa shape index (κ2) is 5.04. The van der Waals surface area contributed by atoms with E-state index in [2.05, 4.69) is 0 Å². The average molecular weight is 294 g/mol. The number of halogens is 2. The molecule has 2 atom stereocenters. The summed E-state index contributed by atoms with van der Waals surface area (Å²) < 4.78 is 6.00. The third kappa shape index (κ3) is 2.44. The molecule has 1 aliphatic heterocycles. The van der Waals surface area contributed by atoms with Crippen LogP contribution in [-0.2, 0) is 0 Å². The van der Waals surface area contributed by atoms with Gasteiger partial charge in [0.05, 0.1) is 0 Å². The number of hydrogen-bond acceptors (Lipinski definition) is 2. The van der Waals surface area contributed by atoms with Crippen LogP contribution in [0.4, 0.5) is 0 Å². The van der Waals surface area contributed by atoms with Gasteiger partial charge in [0, 0.05) is 33.6 Å². The Morgan fingerprint density at radius 1 is 1.05 bits per heavy atom. The molecule has 3 rings (SSSR count). The minimum Gasteiger partial charge on any atom is -0.485 e. The van der Waals surface area contributed by atoms with Gasteiger partial charge in [-0.2, -0.15) is 0 Å². The lowest BCUT2D eigenvalue weighted by atomic mass is 9.93. The van der Waals surface area contributed by atoms with Crippen LogP contribution < -0.4 is 10.5 Å². The van der Waals surface area contributed by atoms with Crippen LogP contribution in [0.1, 0.15) is 29.7 Å². The lowest BCUT2D eigenvalue weighted by Crippen LogP contribution is -2.24. The zero-order chi connectivity index (χ0) is 13.4. The average Bonchev–Trinajstić information content (AvgIpc) is 2.40. The first-order valence-corrected chi connectivity index (χ1v) is 6.87. The van der Waals surface area contributed by atoms with E-state index in [-0.39, 0.29) is 12.1 Å². The van der Waals surface area contributed by atoms with Crippen LogP contribution in [0.25, 0.3) is 0 Å². The van der Waals surface area contributed by atoms with E-state index in [4.69, 9.17) is 33.7 Å². The number of rotatable bonds is 1. The van der Waals surface area contributed by atoms with Gasteiger partial charge in [0.25, 0.3) is 0 Å². The Morgan fingerprint density at radius 3 is 2.63 bits per heavy atom. The van der Waals surface area contributed by atoms with Crippen molar-refractivity contribution in [2.45, 2.75) is 18.6 Å². The van der Waals surface area contributed by atoms with E-state index in [1.807, 2.05) is 42.5 Å². The molecule has 0 spiro atoms. The molecule has 0 bridgehead atoms. The summed E-state index contributed by atoms with van der Waals surface area (Å²) >= 11 is 12.2. The van der Waals surface area contributed by atoms with Gasteiger partial charge in [0.15, 0.2) is 0 Å². The predicted molar refractivity (Wildman–Crippen MR) is 77.8 cm³/mol. The minimum absolute atomic E-state index is 0.0938. The van der Waals surface area contributed by atoms with Crippen LogP contribution in [0.3, 0.4) is 0 Å². The normalized spacial score (nSPS) is 21.6. The summed E-state index contributed by atoms with van der Waals surface area (Å²) in [6, 6.07) is 13.1. The molecule has 0 saturated carbocycles. The van der Waals surface area contributed by atoms with E-state index in [0.717, 1.165) is 16.9 Å². The molecule has 0 fully saturated rings. The van der Waals surface area contributed by atoms with Gasteiger partial charge in [-0.05, 0) is 24.3 Å². The van der Waals surface area contributed by atoms with Gasteiger partial charge in [-0.3, -0.25) is 0 Å². The molecular formula is C15H13Cl2NO. The SMILES string of the molecule is N[C@@H]1CC(c2ccccc2Cl)Oc2ccc(Cl)cc21. The predicted octanol–water partition coefficient (Wildman–Crippen LogP) is 4.52. The number of ether oxygens (including phenoxy) is 1. The first-order chi connectivity index (χ1) is 9.15. The summed E-state index contributed by atoms with van der Waals surface area (Å²) in [7, 11) is 0. The first-order valence-electron chi connectivity index (χ1n) is 6.11. The summed E-state index contributed by atoms with van der Waals surface area (Å²) in [6.45, 7) is 0. The van der Waals surface area contributed by atoms with Crippen LogP contribution in [0, 0.1) is 0 Å². The molecule has 98 valence electrons. The maximum atomic E-state index is 6.22. The highest BCUT2D eigenvalue weighted by Crippen LogP contribution is 2.42. The molecule has 0 radical (unpaired) electrons. The molecule has 2 nitrogen and oxygen atoms in total. The Bertz CT molecular complexity index is 615. The van der Waals surface area contributed by atoms with Gasteiger partial charge < -0.3 is 10.5 Å². The molecule has 4 heteroatoms. The fraction of sp³-hybridized carbons (Fsp3) is 0.200. The van der Waals surface area contributed by atoms with Crippen LogP contribution in [0.2, 0.25) is 10.0 Å². The highest BCUT2D eigenvalue weighted by Gasteiger charge is 2.28. The van der Waals surface area contributed by atoms with Crippen molar-refractivity contribution in [1.29, 1.82) is 0 Å². The zero-order valence-corrected chi connectivity index (χ0v) is 11.7. The molecular weight excluding hydrogens is 281 g/mol. The van der Waals surface area contributed by atoms with Crippen molar-refractivity contribution < 1.29 is 4.74 Å². The number of fused-ring (bicyclic) bond motifs is 1. The van der Waals surface area contributed by atoms with E-state index >= 15 is 0 Å². The fourth-order valence-corrected chi connectivity index (χ4v) is 2.84. The van der Waals surface area contributed by atoms with E-state index in [1.165, 1.54) is 0 Å². The fourth-order valence-electron chi connectivity index (χ4n) is 2.40. The monoisotopic (exact) mass is 293 g/mol. The summed E-state index contributed by atoms with van der Waals surface area (Å²) in [5.41, 5.74) is 8.14. The van der Waals surface area contributed by atoms with Crippen molar-refractivity contribution in [3.05, 3.63) is 63.6 Å². The summed E-state index contributed by atoms with van der Waals surface area (Å²) in [5.74, 6) is 0.785. The third-order valence-electron chi connectivity index (χ3n) is 3.36. The van der Waals surface area contributed by atoms with Crippen molar-refractivity contribution in [1.82, 2.24) is 0 Å². The third-order valence-corrected chi connectivity index (χ3v) is 3.94. The minimum atomic E-state index is -0.114. The quantitative estimate of drug-likeness (QED) is 0.839. The van der Waals surface area contributed by atoms with Gasteiger partial charge in [0.2, 0.25) is 0 Å². The van der Waals surface area contributed by atoms with E-state index in [1.54, 1.807) is 0 Å². The van der Waals surface area contributed by atoms with Gasteiger partial charge in [-0.1, -0.05) is 41.4 Å². The first kappa shape index (κ1) is 12.8. The molecule has 2 aromatic carbocycles. The Hall–Kier alpha value is -1.22. The van der Waals surface area contributed by atoms with E-state index in [0.29, 0.717) is 16.5 Å². The van der Waals surface area contributed by atoms with E-state index in [9.17, 15) is 0 Å². The summed E-state index contributed by atoms with van der Waals surface area (Å²) in [6.07, 6.45) is 0.578. The standard InChI is InChI=1S/C15H13Cl2NO/c16-9-5-6-14-11(7-9)13(18)8-15(19-14)10-3-1-2-4-12(10)17/h1-7,13,15H,8,18H2/t13-,15?/m1/s1. The van der Waals surface area contributed by atoms with Crippen molar-refractivity contribution in [2.75, 3.05) is 0 Å². The number of benzene rings is 2. The Balaban J connectivity index is 1.97.